The smallest absolute Gasteiger partial charge is 0.322 e. The Bertz CT molecular complexity index is 478. The molecule has 0 aromatic rings. The van der Waals surface area contributed by atoms with Gasteiger partial charge >= 0.3 is 5.97 Å². The molecule has 1 aliphatic heterocycles. The number of hydrogen-bond acceptors (Lipinski definition) is 5. The number of ketones is 1. The molecule has 1 saturated heterocycles. The van der Waals surface area contributed by atoms with Gasteiger partial charge in [0, 0.05) is 11.3 Å². The molecule has 96 valence electrons. The molecule has 1 aliphatic carbocycles. The number of Topliss-reactive ketones (excluding diaryl/α,β-unsaturated/α-hetero) is 1. The summed E-state index contributed by atoms with van der Waals surface area (Å²) in [6.45, 7) is 0. The van der Waals surface area contributed by atoms with Gasteiger partial charge in [-0.1, -0.05) is 12.2 Å². The van der Waals surface area contributed by atoms with Crippen molar-refractivity contribution < 1.29 is 19.1 Å². The van der Waals surface area contributed by atoms with Gasteiger partial charge in [0.15, 0.2) is 0 Å². The second-order valence-corrected chi connectivity index (χ2v) is 4.34. The average molecular weight is 250 g/mol. The van der Waals surface area contributed by atoms with E-state index < -0.39 is 23.7 Å². The number of hydrogen-bond donors (Lipinski definition) is 2. The zero-order chi connectivity index (χ0) is 13.3. The Hall–Kier alpha value is -1.95. The van der Waals surface area contributed by atoms with Crippen LogP contribution in [0.3, 0.4) is 0 Å². The molecular formula is C12H14N2O4. The molecule has 2 rings (SSSR count). The van der Waals surface area contributed by atoms with Crippen LogP contribution in [0.1, 0.15) is 12.8 Å². The Labute approximate surface area is 104 Å². The Morgan fingerprint density at radius 2 is 2.33 bits per heavy atom. The first-order valence-corrected chi connectivity index (χ1v) is 5.64. The van der Waals surface area contributed by atoms with E-state index >= 15 is 0 Å². The highest BCUT2D eigenvalue weighted by molar-refractivity contribution is 6.47. The number of carbonyl (C=O) groups is 3. The van der Waals surface area contributed by atoms with E-state index in [0.717, 1.165) is 0 Å². The zero-order valence-electron chi connectivity index (χ0n) is 9.93. The number of allylic oxidation sites excluding steroid dienone is 3. The third-order valence-corrected chi connectivity index (χ3v) is 3.08. The van der Waals surface area contributed by atoms with Gasteiger partial charge in [0.05, 0.1) is 7.11 Å². The van der Waals surface area contributed by atoms with Gasteiger partial charge in [0.25, 0.3) is 11.7 Å². The van der Waals surface area contributed by atoms with Crippen molar-refractivity contribution in [3.05, 3.63) is 23.4 Å². The fraction of sp³-hybridized carbons (Fsp3) is 0.417. The number of carbonyl (C=O) groups excluding carboxylic acids is 3. The lowest BCUT2D eigenvalue weighted by Crippen LogP contribution is -2.33. The van der Waals surface area contributed by atoms with Crippen molar-refractivity contribution in [1.82, 2.24) is 5.32 Å². The van der Waals surface area contributed by atoms with Crippen molar-refractivity contribution in [1.29, 1.82) is 0 Å². The van der Waals surface area contributed by atoms with E-state index in [4.69, 9.17) is 5.73 Å². The first-order chi connectivity index (χ1) is 8.52. The third kappa shape index (κ3) is 2.19. The molecule has 0 radical (unpaired) electrons. The Kier molecular flexibility index (Phi) is 3.29. The molecule has 2 atom stereocenters. The fourth-order valence-corrected chi connectivity index (χ4v) is 2.13. The lowest BCUT2D eigenvalue weighted by atomic mass is 9.89. The number of nitrogens with two attached hydrogens (primary N) is 1. The van der Waals surface area contributed by atoms with Gasteiger partial charge in [-0.3, -0.25) is 14.4 Å². The monoisotopic (exact) mass is 250 g/mol. The average Bonchev–Trinajstić information content (AvgIpc) is 2.64. The molecule has 6 nitrogen and oxygen atoms in total. The summed E-state index contributed by atoms with van der Waals surface area (Å²) < 4.78 is 4.54. The largest absolute Gasteiger partial charge is 0.468 e. The van der Waals surface area contributed by atoms with E-state index in [-0.39, 0.29) is 5.92 Å². The number of methoxy groups -OCH3 is 1. The standard InChI is InChI=1S/C12H14N2O4/c1-18-12(17)8(13)5-6-2-3-9-7(4-6)10(15)11(16)14-9/h3-4,6,8H,2,5,13H2,1H3,(H,14,16)/t6?,8-/m0/s1. The summed E-state index contributed by atoms with van der Waals surface area (Å²) in [5.74, 6) is -1.65. The molecule has 2 aliphatic rings. The summed E-state index contributed by atoms with van der Waals surface area (Å²) in [6, 6.07) is -0.716. The molecular weight excluding hydrogens is 236 g/mol. The first-order valence-electron chi connectivity index (χ1n) is 5.64. The van der Waals surface area contributed by atoms with Crippen molar-refractivity contribution in [3.8, 4) is 0 Å². The van der Waals surface area contributed by atoms with Crippen LogP contribution in [0.4, 0.5) is 0 Å². The summed E-state index contributed by atoms with van der Waals surface area (Å²) >= 11 is 0. The van der Waals surface area contributed by atoms with Crippen LogP contribution in [0.15, 0.2) is 23.4 Å². The number of fused-ring (bicyclic) bond motifs is 1. The third-order valence-electron chi connectivity index (χ3n) is 3.08. The highest BCUT2D eigenvalue weighted by Crippen LogP contribution is 2.28. The van der Waals surface area contributed by atoms with Crippen molar-refractivity contribution in [2.24, 2.45) is 11.7 Å². The number of amides is 1. The Morgan fingerprint density at radius 3 is 3.00 bits per heavy atom. The molecule has 0 aromatic carbocycles. The molecule has 1 amide bonds. The second kappa shape index (κ2) is 4.73. The minimum Gasteiger partial charge on any atom is -0.468 e. The van der Waals surface area contributed by atoms with Crippen molar-refractivity contribution >= 4 is 17.7 Å². The van der Waals surface area contributed by atoms with Gasteiger partial charge in [-0.05, 0) is 18.8 Å². The maximum absolute atomic E-state index is 11.5. The van der Waals surface area contributed by atoms with E-state index in [1.807, 2.05) is 0 Å². The van der Waals surface area contributed by atoms with Crippen LogP contribution in [0, 0.1) is 5.92 Å². The molecule has 0 saturated carbocycles. The number of esters is 1. The predicted molar refractivity (Wildman–Crippen MR) is 62.0 cm³/mol. The Balaban J connectivity index is 2.07. The van der Waals surface area contributed by atoms with Gasteiger partial charge in [-0.15, -0.1) is 0 Å². The van der Waals surface area contributed by atoms with Crippen molar-refractivity contribution in [2.75, 3.05) is 7.11 Å². The minimum absolute atomic E-state index is 0.0329. The quantitative estimate of drug-likeness (QED) is 0.515. The molecule has 6 heteroatoms. The van der Waals surface area contributed by atoms with Crippen LogP contribution in [0.25, 0.3) is 0 Å². The minimum atomic E-state index is -0.716. The zero-order valence-corrected chi connectivity index (χ0v) is 9.93. The molecule has 1 fully saturated rings. The lowest BCUT2D eigenvalue weighted by molar-refractivity contribution is -0.142. The van der Waals surface area contributed by atoms with Crippen LogP contribution < -0.4 is 11.1 Å². The topological polar surface area (TPSA) is 98.5 Å². The van der Waals surface area contributed by atoms with E-state index in [0.29, 0.717) is 24.1 Å². The lowest BCUT2D eigenvalue weighted by Gasteiger charge is -2.19. The van der Waals surface area contributed by atoms with E-state index in [1.54, 1.807) is 12.2 Å². The van der Waals surface area contributed by atoms with Crippen LogP contribution in [-0.2, 0) is 19.1 Å². The number of ether oxygens (including phenoxy) is 1. The highest BCUT2D eigenvalue weighted by atomic mass is 16.5. The second-order valence-electron chi connectivity index (χ2n) is 4.34. The summed E-state index contributed by atoms with van der Waals surface area (Å²) in [5, 5.41) is 2.49. The van der Waals surface area contributed by atoms with Gasteiger partial charge in [0.2, 0.25) is 0 Å². The van der Waals surface area contributed by atoms with Gasteiger partial charge in [0.1, 0.15) is 6.04 Å². The molecule has 3 N–H and O–H groups in total. The molecule has 0 bridgehead atoms. The van der Waals surface area contributed by atoms with Crippen LogP contribution in [0.2, 0.25) is 0 Å². The SMILES string of the molecule is COC(=O)[C@@H](N)CC1C=C2C(=O)C(=O)NC2=CC1. The van der Waals surface area contributed by atoms with Crippen LogP contribution >= 0.6 is 0 Å². The van der Waals surface area contributed by atoms with E-state index in [1.165, 1.54) is 7.11 Å². The predicted octanol–water partition coefficient (Wildman–Crippen LogP) is -0.594. The molecule has 0 aromatic heterocycles. The maximum atomic E-state index is 11.5. The van der Waals surface area contributed by atoms with Crippen LogP contribution in [0.5, 0.6) is 0 Å². The highest BCUT2D eigenvalue weighted by Gasteiger charge is 2.34. The fourth-order valence-electron chi connectivity index (χ4n) is 2.13. The van der Waals surface area contributed by atoms with E-state index in [9.17, 15) is 14.4 Å². The first kappa shape index (κ1) is 12.5. The normalized spacial score (nSPS) is 23.8. The van der Waals surface area contributed by atoms with Gasteiger partial charge in [-0.25, -0.2) is 0 Å². The van der Waals surface area contributed by atoms with Crippen molar-refractivity contribution in [3.63, 3.8) is 0 Å². The molecule has 18 heavy (non-hydrogen) atoms. The maximum Gasteiger partial charge on any atom is 0.322 e. The summed E-state index contributed by atoms with van der Waals surface area (Å²) in [4.78, 5) is 33.9. The molecule has 0 spiro atoms. The Morgan fingerprint density at radius 1 is 1.61 bits per heavy atom. The van der Waals surface area contributed by atoms with Gasteiger partial charge in [-0.2, -0.15) is 0 Å². The molecule has 1 unspecified atom stereocenters. The summed E-state index contributed by atoms with van der Waals surface area (Å²) in [7, 11) is 1.28. The number of nitrogens with one attached hydrogen (secondary N) is 1. The van der Waals surface area contributed by atoms with Crippen LogP contribution in [-0.4, -0.2) is 30.8 Å². The summed E-state index contributed by atoms with van der Waals surface area (Å²) in [5.41, 5.74) is 6.61. The van der Waals surface area contributed by atoms with E-state index in [2.05, 4.69) is 10.1 Å². The van der Waals surface area contributed by atoms with Gasteiger partial charge < -0.3 is 15.8 Å². The molecule has 1 heterocycles. The summed E-state index contributed by atoms with van der Waals surface area (Å²) in [6.07, 6.45) is 4.52. The van der Waals surface area contributed by atoms with Crippen molar-refractivity contribution in [2.45, 2.75) is 18.9 Å². The number of rotatable bonds is 3.